The molecule has 2 saturated carbocycles. The SMILES string of the molecule is Cc1cc(C)c(OCC2CC2)c(C2(CN)CCC2)c1. The van der Waals surface area contributed by atoms with Crippen molar-refractivity contribution in [1.29, 1.82) is 0 Å². The van der Waals surface area contributed by atoms with Crippen LogP contribution in [0, 0.1) is 19.8 Å². The lowest BCUT2D eigenvalue weighted by Crippen LogP contribution is -2.42. The maximum absolute atomic E-state index is 6.18. The van der Waals surface area contributed by atoms with Crippen molar-refractivity contribution in [3.63, 3.8) is 0 Å². The molecule has 0 aliphatic heterocycles. The summed E-state index contributed by atoms with van der Waals surface area (Å²) in [4.78, 5) is 0. The molecule has 1 aromatic rings. The molecule has 3 rings (SSSR count). The number of rotatable bonds is 5. The molecule has 104 valence electrons. The van der Waals surface area contributed by atoms with Crippen LogP contribution < -0.4 is 10.5 Å². The lowest BCUT2D eigenvalue weighted by Gasteiger charge is -2.42. The van der Waals surface area contributed by atoms with Crippen LogP contribution in [0.3, 0.4) is 0 Å². The molecule has 0 aromatic heterocycles. The van der Waals surface area contributed by atoms with Crippen LogP contribution in [0.4, 0.5) is 0 Å². The van der Waals surface area contributed by atoms with Crippen molar-refractivity contribution in [2.75, 3.05) is 13.2 Å². The minimum absolute atomic E-state index is 0.190. The molecule has 1 aromatic carbocycles. The summed E-state index contributed by atoms with van der Waals surface area (Å²) in [5.41, 5.74) is 10.2. The molecule has 0 saturated heterocycles. The van der Waals surface area contributed by atoms with Gasteiger partial charge in [-0.1, -0.05) is 24.1 Å². The van der Waals surface area contributed by atoms with Crippen molar-refractivity contribution < 1.29 is 4.74 Å². The van der Waals surface area contributed by atoms with Gasteiger partial charge in [0.25, 0.3) is 0 Å². The van der Waals surface area contributed by atoms with Crippen LogP contribution in [0.1, 0.15) is 48.8 Å². The Morgan fingerprint density at radius 1 is 1.26 bits per heavy atom. The lowest BCUT2D eigenvalue weighted by molar-refractivity contribution is 0.231. The maximum Gasteiger partial charge on any atom is 0.126 e. The van der Waals surface area contributed by atoms with E-state index in [1.807, 2.05) is 0 Å². The third-order valence-corrected chi connectivity index (χ3v) is 4.85. The first-order chi connectivity index (χ1) is 9.14. The highest BCUT2D eigenvalue weighted by molar-refractivity contribution is 5.49. The van der Waals surface area contributed by atoms with Crippen molar-refractivity contribution in [3.05, 3.63) is 28.8 Å². The van der Waals surface area contributed by atoms with Crippen LogP contribution in [0.25, 0.3) is 0 Å². The fraction of sp³-hybridized carbons (Fsp3) is 0.647. The number of ether oxygens (including phenoxy) is 1. The Kier molecular flexibility index (Phi) is 3.30. The Morgan fingerprint density at radius 2 is 2.00 bits per heavy atom. The molecular weight excluding hydrogens is 234 g/mol. The van der Waals surface area contributed by atoms with Crippen molar-refractivity contribution in [2.24, 2.45) is 11.7 Å². The van der Waals surface area contributed by atoms with E-state index in [2.05, 4.69) is 26.0 Å². The fourth-order valence-corrected chi connectivity index (χ4v) is 3.21. The highest BCUT2D eigenvalue weighted by Crippen LogP contribution is 2.48. The summed E-state index contributed by atoms with van der Waals surface area (Å²) < 4.78 is 6.18. The average Bonchev–Trinajstić information content (AvgIpc) is 3.11. The van der Waals surface area contributed by atoms with Crippen LogP contribution in [0.2, 0.25) is 0 Å². The zero-order valence-electron chi connectivity index (χ0n) is 12.2. The van der Waals surface area contributed by atoms with Crippen molar-refractivity contribution in [1.82, 2.24) is 0 Å². The Balaban J connectivity index is 1.94. The summed E-state index contributed by atoms with van der Waals surface area (Å²) in [5.74, 6) is 1.92. The highest BCUT2D eigenvalue weighted by atomic mass is 16.5. The number of nitrogens with two attached hydrogens (primary N) is 1. The highest BCUT2D eigenvalue weighted by Gasteiger charge is 2.40. The van der Waals surface area contributed by atoms with Gasteiger partial charge in [-0.3, -0.25) is 0 Å². The smallest absolute Gasteiger partial charge is 0.126 e. The minimum atomic E-state index is 0.190. The molecule has 0 heterocycles. The summed E-state index contributed by atoms with van der Waals surface area (Å²) >= 11 is 0. The number of hydrogen-bond acceptors (Lipinski definition) is 2. The molecule has 2 aliphatic carbocycles. The Morgan fingerprint density at radius 3 is 2.53 bits per heavy atom. The van der Waals surface area contributed by atoms with Crippen LogP contribution >= 0.6 is 0 Å². The predicted octanol–water partition coefficient (Wildman–Crippen LogP) is 3.47. The van der Waals surface area contributed by atoms with E-state index in [9.17, 15) is 0 Å². The molecule has 0 amide bonds. The maximum atomic E-state index is 6.18. The molecule has 19 heavy (non-hydrogen) atoms. The Hall–Kier alpha value is -1.02. The van der Waals surface area contributed by atoms with Crippen molar-refractivity contribution in [3.8, 4) is 5.75 Å². The van der Waals surface area contributed by atoms with Crippen LogP contribution in [0.5, 0.6) is 5.75 Å². The van der Waals surface area contributed by atoms with E-state index in [0.717, 1.165) is 24.8 Å². The van der Waals surface area contributed by atoms with Gasteiger partial charge in [0.1, 0.15) is 5.75 Å². The van der Waals surface area contributed by atoms with Crippen molar-refractivity contribution >= 4 is 0 Å². The van der Waals surface area contributed by atoms with Gasteiger partial charge < -0.3 is 10.5 Å². The first kappa shape index (κ1) is 13.0. The second-order valence-corrected chi connectivity index (χ2v) is 6.55. The predicted molar refractivity (Wildman–Crippen MR) is 78.7 cm³/mol. The summed E-state index contributed by atoms with van der Waals surface area (Å²) in [6.45, 7) is 5.97. The topological polar surface area (TPSA) is 35.2 Å². The molecule has 0 unspecified atom stereocenters. The van der Waals surface area contributed by atoms with Gasteiger partial charge in [0, 0.05) is 17.5 Å². The van der Waals surface area contributed by atoms with Gasteiger partial charge in [-0.05, 0) is 51.0 Å². The zero-order valence-corrected chi connectivity index (χ0v) is 12.2. The van der Waals surface area contributed by atoms with E-state index < -0.39 is 0 Å². The third-order valence-electron chi connectivity index (χ3n) is 4.85. The molecule has 0 bridgehead atoms. The summed E-state index contributed by atoms with van der Waals surface area (Å²) in [6, 6.07) is 4.54. The lowest BCUT2D eigenvalue weighted by atomic mass is 9.64. The van der Waals surface area contributed by atoms with Gasteiger partial charge in [0.05, 0.1) is 6.61 Å². The third kappa shape index (κ3) is 2.38. The monoisotopic (exact) mass is 259 g/mol. The molecule has 0 radical (unpaired) electrons. The summed E-state index contributed by atoms with van der Waals surface area (Å²) in [6.07, 6.45) is 6.40. The molecule has 2 nitrogen and oxygen atoms in total. The van der Waals surface area contributed by atoms with E-state index in [1.54, 1.807) is 0 Å². The van der Waals surface area contributed by atoms with Crippen molar-refractivity contribution in [2.45, 2.75) is 51.4 Å². The molecule has 2 aliphatic rings. The van der Waals surface area contributed by atoms with E-state index in [1.165, 1.54) is 48.8 Å². The molecular formula is C17H25NO. The minimum Gasteiger partial charge on any atom is -0.493 e. The standard InChI is InChI=1S/C17H25NO/c1-12-8-13(2)16(19-10-14-4-5-14)15(9-12)17(11-18)6-3-7-17/h8-9,14H,3-7,10-11,18H2,1-2H3. The van der Waals surface area contributed by atoms with Crippen LogP contribution in [0.15, 0.2) is 12.1 Å². The van der Waals surface area contributed by atoms with Gasteiger partial charge >= 0.3 is 0 Å². The van der Waals surface area contributed by atoms with E-state index in [0.29, 0.717) is 0 Å². The molecule has 0 atom stereocenters. The Bertz CT molecular complexity index is 467. The quantitative estimate of drug-likeness (QED) is 0.878. The van der Waals surface area contributed by atoms with Gasteiger partial charge in [-0.15, -0.1) is 0 Å². The van der Waals surface area contributed by atoms with Crippen LogP contribution in [-0.4, -0.2) is 13.2 Å². The normalized spacial score (nSPS) is 21.0. The van der Waals surface area contributed by atoms with Crippen LogP contribution in [-0.2, 0) is 5.41 Å². The van der Waals surface area contributed by atoms with E-state index in [-0.39, 0.29) is 5.41 Å². The number of hydrogen-bond donors (Lipinski definition) is 1. The second-order valence-electron chi connectivity index (χ2n) is 6.55. The summed E-state index contributed by atoms with van der Waals surface area (Å²) in [5, 5.41) is 0. The van der Waals surface area contributed by atoms with Gasteiger partial charge in [-0.2, -0.15) is 0 Å². The average molecular weight is 259 g/mol. The first-order valence-electron chi connectivity index (χ1n) is 7.59. The zero-order chi connectivity index (χ0) is 13.5. The second kappa shape index (κ2) is 4.82. The largest absolute Gasteiger partial charge is 0.493 e. The summed E-state index contributed by atoms with van der Waals surface area (Å²) in [7, 11) is 0. The molecule has 2 fully saturated rings. The molecule has 2 heteroatoms. The van der Waals surface area contributed by atoms with E-state index in [4.69, 9.17) is 10.5 Å². The number of benzene rings is 1. The fourth-order valence-electron chi connectivity index (χ4n) is 3.21. The van der Waals surface area contributed by atoms with Gasteiger partial charge in [0.15, 0.2) is 0 Å². The molecule has 2 N–H and O–H groups in total. The first-order valence-corrected chi connectivity index (χ1v) is 7.59. The Labute approximate surface area is 116 Å². The molecule has 0 spiro atoms. The van der Waals surface area contributed by atoms with Gasteiger partial charge in [0.2, 0.25) is 0 Å². The van der Waals surface area contributed by atoms with Gasteiger partial charge in [-0.25, -0.2) is 0 Å². The van der Waals surface area contributed by atoms with E-state index >= 15 is 0 Å². The number of aryl methyl sites for hydroxylation is 2.